The van der Waals surface area contributed by atoms with Crippen molar-refractivity contribution in [1.29, 1.82) is 0 Å². The van der Waals surface area contributed by atoms with Crippen LogP contribution in [0.4, 0.5) is 15.9 Å². The zero-order valence-electron chi connectivity index (χ0n) is 17.7. The third-order valence-corrected chi connectivity index (χ3v) is 6.75. The number of aromatic amines is 1. The second kappa shape index (κ2) is 6.51. The molecule has 4 aromatic heterocycles. The molecule has 1 saturated carbocycles. The van der Waals surface area contributed by atoms with E-state index in [2.05, 4.69) is 30.3 Å². The number of rotatable bonds is 4. The molecule has 0 amide bonds. The highest BCUT2D eigenvalue weighted by Crippen LogP contribution is 2.47. The van der Waals surface area contributed by atoms with Crippen LogP contribution in [0.1, 0.15) is 0 Å². The maximum Gasteiger partial charge on any atom is 0.326 e. The molecule has 5 heterocycles. The number of benzene rings is 1. The van der Waals surface area contributed by atoms with Crippen LogP contribution in [0, 0.1) is 17.7 Å². The SMILES string of the molecule is CNc1cc(F)cc2c1[nH]c1nc(Oc3cnc4ccnn4c3)nc(N3C[C@@H]4C(N)[C@@H]4C3)c12. The molecule has 7 rings (SSSR count). The number of nitrogens with two attached hydrogens (primary N) is 1. The number of nitrogens with zero attached hydrogens (tertiary/aromatic N) is 6. The van der Waals surface area contributed by atoms with Crippen molar-refractivity contribution in [2.75, 3.05) is 30.4 Å². The van der Waals surface area contributed by atoms with Crippen LogP contribution in [0.25, 0.3) is 27.6 Å². The lowest BCUT2D eigenvalue weighted by Gasteiger charge is -2.21. The van der Waals surface area contributed by atoms with Gasteiger partial charge in [-0.1, -0.05) is 0 Å². The summed E-state index contributed by atoms with van der Waals surface area (Å²) in [7, 11) is 1.76. The zero-order valence-corrected chi connectivity index (χ0v) is 17.7. The van der Waals surface area contributed by atoms with Gasteiger partial charge in [-0.2, -0.15) is 15.1 Å². The van der Waals surface area contributed by atoms with E-state index < -0.39 is 0 Å². The van der Waals surface area contributed by atoms with Gasteiger partial charge in [0.05, 0.1) is 35.2 Å². The maximum atomic E-state index is 14.4. The first-order chi connectivity index (χ1) is 16.1. The monoisotopic (exact) mass is 445 g/mol. The zero-order chi connectivity index (χ0) is 22.3. The number of halogens is 1. The Labute approximate surface area is 186 Å². The molecule has 3 atom stereocenters. The van der Waals surface area contributed by atoms with Crippen molar-refractivity contribution in [3.63, 3.8) is 0 Å². The van der Waals surface area contributed by atoms with Crippen molar-refractivity contribution in [1.82, 2.24) is 29.5 Å². The molecule has 33 heavy (non-hydrogen) atoms. The van der Waals surface area contributed by atoms with Gasteiger partial charge in [0, 0.05) is 37.6 Å². The van der Waals surface area contributed by atoms with E-state index in [-0.39, 0.29) is 17.9 Å². The first-order valence-electron chi connectivity index (χ1n) is 10.8. The minimum Gasteiger partial charge on any atom is -0.421 e. The Hall–Kier alpha value is -3.99. The van der Waals surface area contributed by atoms with Gasteiger partial charge in [-0.15, -0.1) is 0 Å². The summed E-state index contributed by atoms with van der Waals surface area (Å²) in [5, 5.41) is 8.73. The van der Waals surface area contributed by atoms with Gasteiger partial charge in [0.1, 0.15) is 17.3 Å². The molecular weight excluding hydrogens is 425 g/mol. The molecule has 5 aromatic rings. The van der Waals surface area contributed by atoms with Gasteiger partial charge in [-0.25, -0.2) is 13.9 Å². The van der Waals surface area contributed by atoms with Crippen LogP contribution in [0.5, 0.6) is 11.8 Å². The molecule has 2 fully saturated rings. The molecule has 0 radical (unpaired) electrons. The van der Waals surface area contributed by atoms with Crippen LogP contribution in [0.2, 0.25) is 0 Å². The number of ether oxygens (including phenoxy) is 1. The van der Waals surface area contributed by atoms with Crippen LogP contribution < -0.4 is 20.7 Å². The van der Waals surface area contributed by atoms with Gasteiger partial charge >= 0.3 is 6.01 Å². The first kappa shape index (κ1) is 18.6. The molecule has 1 unspecified atom stereocenters. The Morgan fingerprint density at radius 1 is 1.24 bits per heavy atom. The van der Waals surface area contributed by atoms with Gasteiger partial charge in [0.25, 0.3) is 0 Å². The fourth-order valence-corrected chi connectivity index (χ4v) is 4.99. The van der Waals surface area contributed by atoms with Crippen LogP contribution in [-0.4, -0.2) is 55.7 Å². The quantitative estimate of drug-likeness (QED) is 0.386. The van der Waals surface area contributed by atoms with Crippen LogP contribution in [0.15, 0.2) is 36.8 Å². The average Bonchev–Trinajstić information content (AvgIpc) is 3.29. The van der Waals surface area contributed by atoms with Crippen molar-refractivity contribution in [3.05, 3.63) is 42.6 Å². The third kappa shape index (κ3) is 2.75. The molecule has 1 saturated heterocycles. The number of H-pyrrole nitrogens is 1. The molecule has 1 aliphatic heterocycles. The summed E-state index contributed by atoms with van der Waals surface area (Å²) in [6.45, 7) is 1.61. The number of fused-ring (bicyclic) bond motifs is 5. The largest absolute Gasteiger partial charge is 0.421 e. The van der Waals surface area contributed by atoms with Crippen LogP contribution >= 0.6 is 0 Å². The lowest BCUT2D eigenvalue weighted by atomic mass is 10.1. The minimum atomic E-state index is -0.330. The summed E-state index contributed by atoms with van der Waals surface area (Å²) in [6, 6.07) is 5.19. The molecule has 0 spiro atoms. The van der Waals surface area contributed by atoms with Crippen LogP contribution in [-0.2, 0) is 0 Å². The molecule has 1 aliphatic carbocycles. The van der Waals surface area contributed by atoms with Crippen molar-refractivity contribution in [2.24, 2.45) is 17.6 Å². The summed E-state index contributed by atoms with van der Waals surface area (Å²) < 4.78 is 22.0. The van der Waals surface area contributed by atoms with Gasteiger partial charge in [-0.05, 0) is 24.0 Å². The first-order valence-corrected chi connectivity index (χ1v) is 10.8. The predicted molar refractivity (Wildman–Crippen MR) is 121 cm³/mol. The fourth-order valence-electron chi connectivity index (χ4n) is 4.99. The van der Waals surface area contributed by atoms with Crippen LogP contribution in [0.3, 0.4) is 0 Å². The van der Waals surface area contributed by atoms with Gasteiger partial charge in [0.2, 0.25) is 0 Å². The molecule has 4 N–H and O–H groups in total. The maximum absolute atomic E-state index is 14.4. The normalized spacial score (nSPS) is 21.8. The highest BCUT2D eigenvalue weighted by Gasteiger charge is 2.54. The Kier molecular flexibility index (Phi) is 3.67. The molecule has 10 nitrogen and oxygen atoms in total. The average molecular weight is 445 g/mol. The van der Waals surface area contributed by atoms with Crippen molar-refractivity contribution >= 4 is 39.1 Å². The van der Waals surface area contributed by atoms with E-state index >= 15 is 0 Å². The van der Waals surface area contributed by atoms with E-state index in [1.165, 1.54) is 12.1 Å². The summed E-state index contributed by atoms with van der Waals surface area (Å²) in [4.78, 5) is 19.2. The minimum absolute atomic E-state index is 0.175. The lowest BCUT2D eigenvalue weighted by Crippen LogP contribution is -2.29. The van der Waals surface area contributed by atoms with E-state index in [4.69, 9.17) is 15.5 Å². The number of hydrogen-bond acceptors (Lipinski definition) is 8. The predicted octanol–water partition coefficient (Wildman–Crippen LogP) is 2.52. The fraction of sp³-hybridized carbons (Fsp3) is 0.273. The smallest absolute Gasteiger partial charge is 0.326 e. The summed E-state index contributed by atoms with van der Waals surface area (Å²) >= 11 is 0. The molecule has 1 aromatic carbocycles. The van der Waals surface area contributed by atoms with Crippen molar-refractivity contribution in [2.45, 2.75) is 6.04 Å². The highest BCUT2D eigenvalue weighted by molar-refractivity contribution is 6.14. The summed E-state index contributed by atoms with van der Waals surface area (Å²) in [6.07, 6.45) is 4.99. The number of nitrogens with one attached hydrogen (secondary N) is 2. The highest BCUT2D eigenvalue weighted by atomic mass is 19.1. The van der Waals surface area contributed by atoms with E-state index in [1.807, 2.05) is 0 Å². The Balaban J connectivity index is 1.40. The second-order valence-electron chi connectivity index (χ2n) is 8.64. The summed E-state index contributed by atoms with van der Waals surface area (Å²) in [5.41, 5.74) is 8.86. The van der Waals surface area contributed by atoms with Gasteiger partial charge in [0.15, 0.2) is 11.4 Å². The topological polar surface area (TPSA) is 122 Å². The van der Waals surface area contributed by atoms with Gasteiger partial charge < -0.3 is 25.7 Å². The van der Waals surface area contributed by atoms with E-state index in [9.17, 15) is 4.39 Å². The van der Waals surface area contributed by atoms with E-state index in [0.29, 0.717) is 40.4 Å². The van der Waals surface area contributed by atoms with E-state index in [0.717, 1.165) is 29.4 Å². The molecule has 0 bridgehead atoms. The molecule has 2 aliphatic rings. The van der Waals surface area contributed by atoms with Crippen molar-refractivity contribution < 1.29 is 9.13 Å². The third-order valence-electron chi connectivity index (χ3n) is 6.75. The Morgan fingerprint density at radius 3 is 2.91 bits per heavy atom. The molecular formula is C22H20FN9O. The number of aromatic nitrogens is 6. The Bertz CT molecular complexity index is 1550. The standard InChI is InChI=1S/C22H20FN9O/c1-25-15-5-10(23)4-12-17-20(28-19(12)15)29-22(30-21(17)31-8-13-14(9-31)18(13)24)33-11-6-26-16-2-3-27-32(16)7-11/h2-7,13-14,18,25H,8-9,24H2,1H3,(H,28,29,30)/t13-,14+,18?. The number of hydrogen-bond donors (Lipinski definition) is 3. The molecule has 166 valence electrons. The number of anilines is 2. The van der Waals surface area contributed by atoms with Crippen molar-refractivity contribution in [3.8, 4) is 11.8 Å². The van der Waals surface area contributed by atoms with E-state index in [1.54, 1.807) is 36.2 Å². The summed E-state index contributed by atoms with van der Waals surface area (Å²) in [5.74, 6) is 1.76. The Morgan fingerprint density at radius 2 is 2.09 bits per heavy atom. The number of piperidine rings is 1. The lowest BCUT2D eigenvalue weighted by molar-refractivity contribution is 0.438. The second-order valence-corrected chi connectivity index (χ2v) is 8.64. The molecule has 11 heteroatoms. The van der Waals surface area contributed by atoms with Gasteiger partial charge in [-0.3, -0.25) is 0 Å².